The van der Waals surface area contributed by atoms with E-state index in [2.05, 4.69) is 5.32 Å². The van der Waals surface area contributed by atoms with Crippen molar-refractivity contribution in [1.29, 1.82) is 0 Å². The van der Waals surface area contributed by atoms with Gasteiger partial charge in [0.05, 0.1) is 28.9 Å². The number of aliphatic hydroxyl groups excluding tert-OH is 1. The number of ketones is 1. The molecule has 0 spiro atoms. The fourth-order valence-electron chi connectivity index (χ4n) is 1.80. The molecular weight excluding hydrogens is 309 g/mol. The van der Waals surface area contributed by atoms with Crippen LogP contribution in [-0.4, -0.2) is 29.6 Å². The number of nitrogen functional groups attached to an aromatic ring is 1. The molecule has 0 amide bonds. The second-order valence-electron chi connectivity index (χ2n) is 4.75. The van der Waals surface area contributed by atoms with Crippen LogP contribution in [-0.2, 0) is 6.18 Å². The van der Waals surface area contributed by atoms with Gasteiger partial charge >= 0.3 is 6.18 Å². The van der Waals surface area contributed by atoms with Crippen molar-refractivity contribution in [2.75, 3.05) is 12.3 Å². The number of benzene rings is 1. The molecule has 8 heteroatoms. The van der Waals surface area contributed by atoms with Crippen molar-refractivity contribution in [2.24, 2.45) is 0 Å². The van der Waals surface area contributed by atoms with Crippen LogP contribution in [0.5, 0.6) is 0 Å². The minimum Gasteiger partial charge on any atom is -0.397 e. The summed E-state index contributed by atoms with van der Waals surface area (Å²) in [5.74, 6) is -0.567. The predicted molar refractivity (Wildman–Crippen MR) is 74.3 cm³/mol. The monoisotopic (exact) mass is 324 g/mol. The average Bonchev–Trinajstić information content (AvgIpc) is 2.39. The molecule has 0 bridgehead atoms. The Labute approximate surface area is 125 Å². The number of hydrogen-bond acceptors (Lipinski definition) is 4. The summed E-state index contributed by atoms with van der Waals surface area (Å²) in [6.07, 6.45) is -4.70. The first kappa shape index (κ1) is 17.7. The Morgan fingerprint density at radius 2 is 2.00 bits per heavy atom. The Morgan fingerprint density at radius 3 is 2.48 bits per heavy atom. The molecule has 4 N–H and O–H groups in total. The second kappa shape index (κ2) is 6.64. The van der Waals surface area contributed by atoms with Crippen LogP contribution in [0.4, 0.5) is 18.9 Å². The smallest absolute Gasteiger partial charge is 0.397 e. The number of alkyl halides is 3. The maximum Gasteiger partial charge on any atom is 0.418 e. The van der Waals surface area contributed by atoms with Gasteiger partial charge in [-0.2, -0.15) is 13.2 Å². The molecule has 2 unspecified atom stereocenters. The van der Waals surface area contributed by atoms with Crippen molar-refractivity contribution in [1.82, 2.24) is 5.32 Å². The molecule has 0 aliphatic rings. The number of carbonyl (C=O) groups is 1. The van der Waals surface area contributed by atoms with E-state index in [9.17, 15) is 18.0 Å². The third-order valence-electron chi connectivity index (χ3n) is 2.92. The van der Waals surface area contributed by atoms with E-state index in [0.29, 0.717) is 6.07 Å². The van der Waals surface area contributed by atoms with Crippen LogP contribution in [0.1, 0.15) is 29.8 Å². The summed E-state index contributed by atoms with van der Waals surface area (Å²) in [4.78, 5) is 12.1. The largest absolute Gasteiger partial charge is 0.418 e. The summed E-state index contributed by atoms with van der Waals surface area (Å²) < 4.78 is 38.5. The molecule has 0 aliphatic heterocycles. The number of anilines is 1. The fourth-order valence-corrected chi connectivity index (χ4v) is 2.02. The fraction of sp³-hybridized carbons (Fsp3) is 0.462. The second-order valence-corrected chi connectivity index (χ2v) is 5.16. The van der Waals surface area contributed by atoms with Crippen LogP contribution < -0.4 is 11.1 Å². The highest BCUT2D eigenvalue weighted by molar-refractivity contribution is 6.33. The van der Waals surface area contributed by atoms with E-state index in [0.717, 1.165) is 6.07 Å². The molecule has 0 saturated carbocycles. The lowest BCUT2D eigenvalue weighted by Gasteiger charge is -2.19. The number of nitrogens with one attached hydrogen (secondary N) is 1. The molecule has 21 heavy (non-hydrogen) atoms. The first-order chi connectivity index (χ1) is 9.57. The van der Waals surface area contributed by atoms with Gasteiger partial charge in [-0.25, -0.2) is 0 Å². The van der Waals surface area contributed by atoms with E-state index in [1.165, 1.54) is 6.92 Å². The van der Waals surface area contributed by atoms with E-state index in [-0.39, 0.29) is 23.2 Å². The van der Waals surface area contributed by atoms with Crippen molar-refractivity contribution in [3.05, 3.63) is 28.3 Å². The molecule has 1 aromatic rings. The van der Waals surface area contributed by atoms with Gasteiger partial charge in [0.25, 0.3) is 0 Å². The highest BCUT2D eigenvalue weighted by Gasteiger charge is 2.35. The summed E-state index contributed by atoms with van der Waals surface area (Å²) >= 11 is 5.67. The van der Waals surface area contributed by atoms with Gasteiger partial charge < -0.3 is 16.2 Å². The van der Waals surface area contributed by atoms with Crippen LogP contribution in [0.3, 0.4) is 0 Å². The van der Waals surface area contributed by atoms with E-state index in [1.807, 2.05) is 0 Å². The average molecular weight is 325 g/mol. The summed E-state index contributed by atoms with van der Waals surface area (Å²) in [5, 5.41) is 11.3. The lowest BCUT2D eigenvalue weighted by molar-refractivity contribution is -0.136. The van der Waals surface area contributed by atoms with Crippen LogP contribution >= 0.6 is 11.6 Å². The zero-order chi connectivity index (χ0) is 16.4. The number of Topliss-reactive ketones (excluding diaryl/α,β-unsaturated/α-hetero) is 1. The summed E-state index contributed by atoms with van der Waals surface area (Å²) in [5.41, 5.74) is 3.37. The quantitative estimate of drug-likeness (QED) is 0.574. The third-order valence-corrected chi connectivity index (χ3v) is 3.23. The summed E-state index contributed by atoms with van der Waals surface area (Å²) in [7, 11) is 0. The standard InChI is InChI=1S/C13H16ClF3N2O2/c1-6(5-20)19-7(2)12(21)8-3-9(13(15,16)17)11(18)10(14)4-8/h3-4,6-7,19-20H,5,18H2,1-2H3. The molecule has 0 saturated heterocycles. The molecular formula is C13H16ClF3N2O2. The highest BCUT2D eigenvalue weighted by Crippen LogP contribution is 2.37. The summed E-state index contributed by atoms with van der Waals surface area (Å²) in [6, 6.07) is 0.657. The van der Waals surface area contributed by atoms with Crippen molar-refractivity contribution in [2.45, 2.75) is 32.1 Å². The maximum atomic E-state index is 12.8. The Hall–Kier alpha value is -1.31. The van der Waals surface area contributed by atoms with Gasteiger partial charge in [0.2, 0.25) is 0 Å². The first-order valence-electron chi connectivity index (χ1n) is 6.15. The molecule has 0 radical (unpaired) electrons. The number of hydrogen-bond donors (Lipinski definition) is 3. The number of carbonyl (C=O) groups excluding carboxylic acids is 1. The van der Waals surface area contributed by atoms with Gasteiger partial charge in [0.15, 0.2) is 5.78 Å². The molecule has 0 heterocycles. The SMILES string of the molecule is CC(CO)NC(C)C(=O)c1cc(Cl)c(N)c(C(F)(F)F)c1. The Kier molecular flexibility index (Phi) is 5.61. The van der Waals surface area contributed by atoms with E-state index in [4.69, 9.17) is 22.4 Å². The molecule has 1 rings (SSSR count). The van der Waals surface area contributed by atoms with Gasteiger partial charge in [0.1, 0.15) is 0 Å². The zero-order valence-electron chi connectivity index (χ0n) is 11.5. The maximum absolute atomic E-state index is 12.8. The number of halogens is 4. The summed E-state index contributed by atoms with van der Waals surface area (Å²) in [6.45, 7) is 2.93. The highest BCUT2D eigenvalue weighted by atomic mass is 35.5. The lowest BCUT2D eigenvalue weighted by Crippen LogP contribution is -2.41. The predicted octanol–water partition coefficient (Wildman–Crippen LogP) is 2.48. The van der Waals surface area contributed by atoms with Crippen LogP contribution in [0, 0.1) is 0 Å². The van der Waals surface area contributed by atoms with Crippen molar-refractivity contribution < 1.29 is 23.1 Å². The van der Waals surface area contributed by atoms with Crippen molar-refractivity contribution in [3.63, 3.8) is 0 Å². The van der Waals surface area contributed by atoms with Gasteiger partial charge in [-0.15, -0.1) is 0 Å². The van der Waals surface area contributed by atoms with E-state index >= 15 is 0 Å². The van der Waals surface area contributed by atoms with Crippen LogP contribution in [0.15, 0.2) is 12.1 Å². The number of nitrogens with two attached hydrogens (primary N) is 1. The Balaban J connectivity index is 3.14. The molecule has 118 valence electrons. The van der Waals surface area contributed by atoms with Crippen molar-refractivity contribution >= 4 is 23.1 Å². The Morgan fingerprint density at radius 1 is 1.43 bits per heavy atom. The number of aliphatic hydroxyl groups is 1. The van der Waals surface area contributed by atoms with Gasteiger partial charge in [-0.3, -0.25) is 4.79 Å². The molecule has 4 nitrogen and oxygen atoms in total. The van der Waals surface area contributed by atoms with Gasteiger partial charge in [-0.1, -0.05) is 11.6 Å². The number of rotatable bonds is 5. The van der Waals surface area contributed by atoms with Crippen LogP contribution in [0.2, 0.25) is 5.02 Å². The third kappa shape index (κ3) is 4.33. The van der Waals surface area contributed by atoms with Crippen LogP contribution in [0.25, 0.3) is 0 Å². The normalized spacial score (nSPS) is 14.8. The topological polar surface area (TPSA) is 75.3 Å². The lowest BCUT2D eigenvalue weighted by atomic mass is 10.0. The molecule has 0 aromatic heterocycles. The van der Waals surface area contributed by atoms with Gasteiger partial charge in [0, 0.05) is 11.6 Å². The minimum absolute atomic E-state index is 0.188. The molecule has 1 aromatic carbocycles. The van der Waals surface area contributed by atoms with Crippen molar-refractivity contribution in [3.8, 4) is 0 Å². The van der Waals surface area contributed by atoms with E-state index in [1.54, 1.807) is 6.92 Å². The van der Waals surface area contributed by atoms with E-state index < -0.39 is 29.3 Å². The zero-order valence-corrected chi connectivity index (χ0v) is 12.2. The molecule has 0 fully saturated rings. The minimum atomic E-state index is -4.70. The molecule has 0 aliphatic carbocycles. The van der Waals surface area contributed by atoms with Gasteiger partial charge in [-0.05, 0) is 26.0 Å². The Bertz CT molecular complexity index is 535. The first-order valence-corrected chi connectivity index (χ1v) is 6.53. The molecule has 2 atom stereocenters.